The maximum Gasteiger partial charge on any atom is 0.338 e. The number of anilines is 2. The monoisotopic (exact) mass is 591 g/mol. The Morgan fingerprint density at radius 2 is 1.71 bits per heavy atom. The summed E-state index contributed by atoms with van der Waals surface area (Å²) in [6.45, 7) is 8.33. The van der Waals surface area contributed by atoms with Gasteiger partial charge in [-0.15, -0.1) is 11.8 Å². The van der Waals surface area contributed by atoms with E-state index in [1.807, 2.05) is 11.8 Å². The molecule has 6 rings (SSSR count). The van der Waals surface area contributed by atoms with E-state index < -0.39 is 5.97 Å². The van der Waals surface area contributed by atoms with Gasteiger partial charge in [0, 0.05) is 40.5 Å². The number of hydrogen-bond donors (Lipinski definition) is 1. The predicted octanol–water partition coefficient (Wildman–Crippen LogP) is 6.22. The maximum atomic E-state index is 13.4. The Labute approximate surface area is 249 Å². The third-order valence-electron chi connectivity index (χ3n) is 9.05. The molecule has 7 nitrogen and oxygen atoms in total. The molecule has 2 fully saturated rings. The number of thioether (sulfide) groups is 1. The predicted molar refractivity (Wildman–Crippen MR) is 165 cm³/mol. The molecule has 216 valence electrons. The summed E-state index contributed by atoms with van der Waals surface area (Å²) >= 11 is 3.16. The van der Waals surface area contributed by atoms with E-state index in [1.165, 1.54) is 41.9 Å². The molecule has 2 heterocycles. The molecule has 9 heteroatoms. The SMILES string of the molecule is CCOC(=O)c1ccc(NC(=O)Cn2c3c(sc2=O)[C@@H](c2ccc(N(CC)CC)cc2)[C@@H]2[C@H]4CC[C@@H](C4)[C@H]2S3)cc1. The fourth-order valence-electron chi connectivity index (χ4n) is 7.19. The molecule has 2 saturated carbocycles. The minimum absolute atomic E-state index is 0.0314. The van der Waals surface area contributed by atoms with E-state index in [9.17, 15) is 14.4 Å². The number of nitrogens with zero attached hydrogens (tertiary/aromatic N) is 2. The topological polar surface area (TPSA) is 80.6 Å². The number of amides is 1. The summed E-state index contributed by atoms with van der Waals surface area (Å²) in [6, 6.07) is 15.6. The van der Waals surface area contributed by atoms with E-state index in [-0.39, 0.29) is 23.2 Å². The molecule has 0 radical (unpaired) electrons. The van der Waals surface area contributed by atoms with Crippen LogP contribution in [0.25, 0.3) is 0 Å². The largest absolute Gasteiger partial charge is 0.462 e. The van der Waals surface area contributed by atoms with Crippen molar-refractivity contribution in [2.75, 3.05) is 29.9 Å². The van der Waals surface area contributed by atoms with Gasteiger partial charge in [-0.25, -0.2) is 4.79 Å². The average molecular weight is 592 g/mol. The number of carbonyl (C=O) groups is 2. The lowest BCUT2D eigenvalue weighted by atomic mass is 9.75. The number of carbonyl (C=O) groups excluding carboxylic acids is 2. The van der Waals surface area contributed by atoms with Gasteiger partial charge in [0.15, 0.2) is 0 Å². The number of rotatable bonds is 9. The van der Waals surface area contributed by atoms with E-state index in [1.54, 1.807) is 35.8 Å². The highest BCUT2D eigenvalue weighted by Crippen LogP contribution is 2.64. The van der Waals surface area contributed by atoms with Crippen LogP contribution in [0, 0.1) is 17.8 Å². The van der Waals surface area contributed by atoms with Crippen LogP contribution in [0.3, 0.4) is 0 Å². The van der Waals surface area contributed by atoms with Gasteiger partial charge in [0.05, 0.1) is 17.2 Å². The second-order valence-electron chi connectivity index (χ2n) is 11.2. The van der Waals surface area contributed by atoms with Gasteiger partial charge in [-0.2, -0.15) is 0 Å². The molecule has 3 aliphatic rings. The number of aromatic nitrogens is 1. The Bertz CT molecular complexity index is 1480. The van der Waals surface area contributed by atoms with Gasteiger partial charge in [0.25, 0.3) is 0 Å². The van der Waals surface area contributed by atoms with Gasteiger partial charge >= 0.3 is 10.8 Å². The first kappa shape index (κ1) is 28.1. The lowest BCUT2D eigenvalue weighted by molar-refractivity contribution is -0.116. The normalized spacial score (nSPS) is 24.0. The zero-order chi connectivity index (χ0) is 28.7. The smallest absolute Gasteiger partial charge is 0.338 e. The van der Waals surface area contributed by atoms with E-state index in [0.717, 1.165) is 23.0 Å². The molecule has 3 aromatic rings. The van der Waals surface area contributed by atoms with Crippen molar-refractivity contribution < 1.29 is 14.3 Å². The van der Waals surface area contributed by atoms with Gasteiger partial charge in [0.1, 0.15) is 6.54 Å². The number of fused-ring (bicyclic) bond motifs is 6. The van der Waals surface area contributed by atoms with Crippen LogP contribution in [-0.4, -0.2) is 41.4 Å². The fourth-order valence-corrected chi connectivity index (χ4v) is 10.3. The molecule has 2 aliphatic carbocycles. The Balaban J connectivity index is 1.27. The Hall–Kier alpha value is -3.04. The summed E-state index contributed by atoms with van der Waals surface area (Å²) in [4.78, 5) is 41.9. The summed E-state index contributed by atoms with van der Waals surface area (Å²) in [7, 11) is 0. The van der Waals surface area contributed by atoms with Crippen LogP contribution in [0.5, 0.6) is 0 Å². The number of esters is 1. The van der Waals surface area contributed by atoms with Crippen molar-refractivity contribution in [1.29, 1.82) is 0 Å². The van der Waals surface area contributed by atoms with Crippen LogP contribution in [0.2, 0.25) is 0 Å². The van der Waals surface area contributed by atoms with E-state index in [0.29, 0.717) is 40.9 Å². The number of thiazole rings is 1. The summed E-state index contributed by atoms with van der Waals surface area (Å²) in [5, 5.41) is 4.35. The van der Waals surface area contributed by atoms with Gasteiger partial charge in [0.2, 0.25) is 5.91 Å². The van der Waals surface area contributed by atoms with Gasteiger partial charge in [-0.1, -0.05) is 23.5 Å². The number of ether oxygens (including phenoxy) is 1. The first-order valence-electron chi connectivity index (χ1n) is 14.7. The van der Waals surface area contributed by atoms with Crippen LogP contribution >= 0.6 is 23.1 Å². The molecule has 1 amide bonds. The second-order valence-corrected chi connectivity index (χ2v) is 13.4. The Kier molecular flexibility index (Phi) is 8.01. The average Bonchev–Trinajstić information content (AvgIpc) is 3.68. The fraction of sp³-hybridized carbons (Fsp3) is 0.469. The summed E-state index contributed by atoms with van der Waals surface area (Å²) < 4.78 is 6.72. The van der Waals surface area contributed by atoms with Crippen molar-refractivity contribution in [3.05, 3.63) is 74.2 Å². The van der Waals surface area contributed by atoms with Crippen molar-refractivity contribution in [2.24, 2.45) is 17.8 Å². The molecule has 0 unspecified atom stereocenters. The van der Waals surface area contributed by atoms with Crippen molar-refractivity contribution in [1.82, 2.24) is 4.57 Å². The van der Waals surface area contributed by atoms with Crippen LogP contribution in [0.15, 0.2) is 58.4 Å². The first-order chi connectivity index (χ1) is 19.9. The van der Waals surface area contributed by atoms with Crippen LogP contribution in [-0.2, 0) is 16.1 Å². The van der Waals surface area contributed by atoms with Crippen LogP contribution in [0.4, 0.5) is 11.4 Å². The second kappa shape index (κ2) is 11.7. The molecule has 1 N–H and O–H groups in total. The van der Waals surface area contributed by atoms with Crippen LogP contribution < -0.4 is 15.1 Å². The van der Waals surface area contributed by atoms with Gasteiger partial charge in [-0.3, -0.25) is 14.2 Å². The van der Waals surface area contributed by atoms with E-state index in [4.69, 9.17) is 4.74 Å². The van der Waals surface area contributed by atoms with Crippen molar-refractivity contribution in [2.45, 2.75) is 62.8 Å². The van der Waals surface area contributed by atoms with Crippen LogP contribution in [0.1, 0.15) is 66.8 Å². The molecule has 5 atom stereocenters. The molecular weight excluding hydrogens is 555 g/mol. The summed E-state index contributed by atoms with van der Waals surface area (Å²) in [5.41, 5.74) is 3.52. The lowest BCUT2D eigenvalue weighted by Crippen LogP contribution is -2.35. The molecule has 2 aromatic carbocycles. The van der Waals surface area contributed by atoms with E-state index >= 15 is 0 Å². The quantitative estimate of drug-likeness (QED) is 0.298. The number of nitrogens with one attached hydrogen (secondary N) is 1. The summed E-state index contributed by atoms with van der Waals surface area (Å²) in [6.07, 6.45) is 3.82. The molecule has 1 aromatic heterocycles. The Morgan fingerprint density at radius 1 is 1.00 bits per heavy atom. The summed E-state index contributed by atoms with van der Waals surface area (Å²) in [5.74, 6) is 1.45. The molecule has 2 bridgehead atoms. The molecular formula is C32H37N3O4S2. The highest BCUT2D eigenvalue weighted by atomic mass is 32.2. The highest BCUT2D eigenvalue weighted by molar-refractivity contribution is 8.00. The van der Waals surface area contributed by atoms with Crippen molar-refractivity contribution in [3.8, 4) is 0 Å². The number of benzene rings is 2. The first-order valence-corrected chi connectivity index (χ1v) is 16.4. The zero-order valence-corrected chi connectivity index (χ0v) is 25.4. The minimum atomic E-state index is -0.393. The third kappa shape index (κ3) is 5.23. The standard InChI is InChI=1S/C32H37N3O4S2/c1-4-34(5-2)24-15-11-19(12-16-24)26-27-21-7-8-22(17-21)28(27)40-30-29(26)41-32(38)35(30)18-25(36)33-23-13-9-20(10-14-23)31(37)39-6-3/h9-16,21-22,26-28H,4-8,17-18H2,1-3H3,(H,33,36)/t21-,22-,26-,27-,28+/m0/s1. The van der Waals surface area contributed by atoms with Crippen molar-refractivity contribution in [3.63, 3.8) is 0 Å². The van der Waals surface area contributed by atoms with Gasteiger partial charge in [-0.05, 0) is 99.7 Å². The number of hydrogen-bond acceptors (Lipinski definition) is 7. The van der Waals surface area contributed by atoms with E-state index in [2.05, 4.69) is 48.3 Å². The highest BCUT2D eigenvalue weighted by Gasteiger charge is 2.55. The molecule has 41 heavy (non-hydrogen) atoms. The van der Waals surface area contributed by atoms with Crippen molar-refractivity contribution >= 4 is 46.3 Å². The molecule has 0 saturated heterocycles. The zero-order valence-electron chi connectivity index (χ0n) is 23.8. The molecule has 0 spiro atoms. The van der Waals surface area contributed by atoms with Gasteiger partial charge < -0.3 is 15.0 Å². The third-order valence-corrected chi connectivity index (χ3v) is 11.9. The Morgan fingerprint density at radius 3 is 2.39 bits per heavy atom. The molecule has 1 aliphatic heterocycles. The lowest BCUT2D eigenvalue weighted by Gasteiger charge is -2.40. The maximum absolute atomic E-state index is 13.4. The minimum Gasteiger partial charge on any atom is -0.462 e.